The van der Waals surface area contributed by atoms with E-state index < -0.39 is 0 Å². The van der Waals surface area contributed by atoms with E-state index in [2.05, 4.69) is 34.2 Å². The van der Waals surface area contributed by atoms with Crippen molar-refractivity contribution in [2.75, 3.05) is 7.11 Å². The van der Waals surface area contributed by atoms with Crippen molar-refractivity contribution in [1.82, 2.24) is 9.97 Å². The zero-order valence-corrected chi connectivity index (χ0v) is 8.55. The molecule has 0 atom stereocenters. The number of hydrogen-bond acceptors (Lipinski definition) is 3. The smallest absolute Gasteiger partial charge is 0.215 e. The van der Waals surface area contributed by atoms with Gasteiger partial charge in [-0.3, -0.25) is 0 Å². The van der Waals surface area contributed by atoms with Crippen molar-refractivity contribution >= 4 is 0 Å². The van der Waals surface area contributed by atoms with Gasteiger partial charge in [-0.1, -0.05) is 24.3 Å². The number of hydrogen-bond donors (Lipinski definition) is 0. The van der Waals surface area contributed by atoms with Crippen LogP contribution in [0.15, 0.2) is 42.9 Å². The lowest BCUT2D eigenvalue weighted by molar-refractivity contribution is 0.397. The van der Waals surface area contributed by atoms with Crippen LogP contribution in [-0.4, -0.2) is 17.1 Å². The Labute approximate surface area is 88.8 Å². The van der Waals surface area contributed by atoms with E-state index in [1.54, 1.807) is 19.4 Å². The van der Waals surface area contributed by atoms with E-state index in [0.29, 0.717) is 5.88 Å². The maximum atomic E-state index is 4.76. The Morgan fingerprint density at radius 3 is 2.27 bits per heavy atom. The van der Waals surface area contributed by atoms with Gasteiger partial charge in [0.2, 0.25) is 5.88 Å². The predicted molar refractivity (Wildman–Crippen MR) is 57.8 cm³/mol. The van der Waals surface area contributed by atoms with Crippen molar-refractivity contribution in [3.63, 3.8) is 0 Å². The van der Waals surface area contributed by atoms with Crippen LogP contribution in [0, 0.1) is 0 Å². The summed E-state index contributed by atoms with van der Waals surface area (Å²) in [6, 6.07) is 10.2. The maximum Gasteiger partial charge on any atom is 0.215 e. The normalized spacial score (nSPS) is 10.7. The first-order chi connectivity index (χ1) is 7.40. The van der Waals surface area contributed by atoms with E-state index in [4.69, 9.17) is 4.74 Å². The van der Waals surface area contributed by atoms with Crippen LogP contribution in [0.1, 0.15) is 11.1 Å². The predicted octanol–water partition coefficient (Wildman–Crippen LogP) is 2.08. The summed E-state index contributed by atoms with van der Waals surface area (Å²) in [6.07, 6.45) is 4.32. The van der Waals surface area contributed by atoms with Gasteiger partial charge < -0.3 is 4.74 Å². The monoisotopic (exact) mass is 200 g/mol. The van der Waals surface area contributed by atoms with Crippen molar-refractivity contribution < 1.29 is 4.74 Å². The average molecular weight is 200 g/mol. The van der Waals surface area contributed by atoms with E-state index in [9.17, 15) is 0 Å². The molecule has 0 radical (unpaired) electrons. The fourth-order valence-corrected chi connectivity index (χ4v) is 1.24. The highest BCUT2D eigenvalue weighted by Gasteiger charge is 2.12. The molecule has 1 aromatic heterocycles. The lowest BCUT2D eigenvalue weighted by Crippen LogP contribution is -1.85. The molecule has 0 amide bonds. The SMILES string of the molecule is COc1ccncn1.c1ccc2c(c1)C2. The summed E-state index contributed by atoms with van der Waals surface area (Å²) < 4.78 is 4.76. The molecule has 0 saturated heterocycles. The van der Waals surface area contributed by atoms with Gasteiger partial charge in [0.05, 0.1) is 7.11 Å². The van der Waals surface area contributed by atoms with Gasteiger partial charge >= 0.3 is 0 Å². The molecule has 15 heavy (non-hydrogen) atoms. The largest absolute Gasteiger partial charge is 0.481 e. The summed E-state index contributed by atoms with van der Waals surface area (Å²) >= 11 is 0. The van der Waals surface area contributed by atoms with E-state index in [0.717, 1.165) is 0 Å². The molecular formula is C12H12N2O. The summed E-state index contributed by atoms with van der Waals surface area (Å²) in [5.74, 6) is 0.597. The first-order valence-corrected chi connectivity index (χ1v) is 4.77. The number of aromatic nitrogens is 2. The summed E-state index contributed by atoms with van der Waals surface area (Å²) in [4.78, 5) is 7.47. The van der Waals surface area contributed by atoms with Gasteiger partial charge in [-0.25, -0.2) is 9.97 Å². The molecule has 1 aromatic carbocycles. The molecule has 3 heteroatoms. The Morgan fingerprint density at radius 2 is 1.87 bits per heavy atom. The highest BCUT2D eigenvalue weighted by atomic mass is 16.5. The zero-order valence-electron chi connectivity index (χ0n) is 8.55. The molecule has 3 rings (SSSR count). The van der Waals surface area contributed by atoms with Crippen LogP contribution in [0.4, 0.5) is 0 Å². The molecule has 0 spiro atoms. The molecule has 1 aliphatic rings. The molecule has 0 saturated carbocycles. The number of benzene rings is 1. The van der Waals surface area contributed by atoms with Crippen LogP contribution in [0.5, 0.6) is 5.88 Å². The van der Waals surface area contributed by atoms with Gasteiger partial charge in [0.15, 0.2) is 0 Å². The summed E-state index contributed by atoms with van der Waals surface area (Å²) in [6.45, 7) is 0. The third-order valence-electron chi connectivity index (χ3n) is 2.14. The Balaban J connectivity index is 0.000000114. The third-order valence-corrected chi connectivity index (χ3v) is 2.14. The second kappa shape index (κ2) is 4.55. The first-order valence-electron chi connectivity index (χ1n) is 4.77. The van der Waals surface area contributed by atoms with Gasteiger partial charge in [-0.2, -0.15) is 0 Å². The van der Waals surface area contributed by atoms with Gasteiger partial charge in [0.25, 0.3) is 0 Å². The van der Waals surface area contributed by atoms with Crippen molar-refractivity contribution in [2.24, 2.45) is 0 Å². The highest BCUT2D eigenvalue weighted by molar-refractivity contribution is 5.44. The lowest BCUT2D eigenvalue weighted by Gasteiger charge is -1.91. The number of fused-ring (bicyclic) bond motifs is 1. The summed E-state index contributed by atoms with van der Waals surface area (Å²) in [5.41, 5.74) is 3.06. The summed E-state index contributed by atoms with van der Waals surface area (Å²) in [5, 5.41) is 0. The van der Waals surface area contributed by atoms with Crippen LogP contribution < -0.4 is 4.74 Å². The molecule has 0 N–H and O–H groups in total. The number of nitrogens with zero attached hydrogens (tertiary/aromatic N) is 2. The van der Waals surface area contributed by atoms with Gasteiger partial charge in [-0.05, 0) is 17.5 Å². The summed E-state index contributed by atoms with van der Waals surface area (Å²) in [7, 11) is 1.57. The minimum Gasteiger partial charge on any atom is -0.481 e. The number of rotatable bonds is 1. The Hall–Kier alpha value is -1.90. The van der Waals surface area contributed by atoms with Crippen molar-refractivity contribution in [1.29, 1.82) is 0 Å². The van der Waals surface area contributed by atoms with Crippen molar-refractivity contribution in [2.45, 2.75) is 6.42 Å². The highest BCUT2D eigenvalue weighted by Crippen LogP contribution is 2.25. The van der Waals surface area contributed by atoms with Crippen LogP contribution >= 0.6 is 0 Å². The van der Waals surface area contributed by atoms with Crippen LogP contribution in [0.3, 0.4) is 0 Å². The fourth-order valence-electron chi connectivity index (χ4n) is 1.24. The van der Waals surface area contributed by atoms with Crippen LogP contribution in [-0.2, 0) is 6.42 Å². The van der Waals surface area contributed by atoms with Gasteiger partial charge in [0, 0.05) is 12.3 Å². The number of methoxy groups -OCH3 is 1. The first kappa shape index (κ1) is 9.65. The van der Waals surface area contributed by atoms with Gasteiger partial charge in [-0.15, -0.1) is 0 Å². The Kier molecular flexibility index (Phi) is 2.93. The van der Waals surface area contributed by atoms with E-state index in [1.807, 2.05) is 0 Å². The molecule has 0 unspecified atom stereocenters. The minimum absolute atomic E-state index is 0.597. The Bertz CT molecular complexity index is 408. The zero-order chi connectivity index (χ0) is 10.5. The molecule has 0 fully saturated rings. The van der Waals surface area contributed by atoms with E-state index >= 15 is 0 Å². The van der Waals surface area contributed by atoms with Crippen molar-refractivity contribution in [3.05, 3.63) is 54.0 Å². The minimum atomic E-state index is 0.597. The van der Waals surface area contributed by atoms with Crippen LogP contribution in [0.25, 0.3) is 0 Å². The fraction of sp³-hybridized carbons (Fsp3) is 0.167. The molecule has 2 aromatic rings. The lowest BCUT2D eigenvalue weighted by atomic mass is 10.4. The van der Waals surface area contributed by atoms with Crippen LogP contribution in [0.2, 0.25) is 0 Å². The molecule has 76 valence electrons. The second-order valence-electron chi connectivity index (χ2n) is 3.20. The third kappa shape index (κ3) is 2.77. The maximum absolute atomic E-state index is 4.76. The second-order valence-corrected chi connectivity index (χ2v) is 3.20. The quantitative estimate of drug-likeness (QED) is 0.603. The molecule has 1 heterocycles. The molecule has 0 aliphatic heterocycles. The van der Waals surface area contributed by atoms with Crippen molar-refractivity contribution in [3.8, 4) is 5.88 Å². The molecule has 3 nitrogen and oxygen atoms in total. The average Bonchev–Trinajstić information content (AvgIpc) is 3.10. The van der Waals surface area contributed by atoms with E-state index in [-0.39, 0.29) is 0 Å². The standard InChI is InChI=1S/C7H6.C5H6N2O/c1-2-4-7-5-6(7)3-1;1-8-5-2-3-6-4-7-5/h1-4H,5H2;2-4H,1H3. The number of ether oxygens (including phenoxy) is 1. The Morgan fingerprint density at radius 1 is 1.13 bits per heavy atom. The molecule has 1 aliphatic carbocycles. The molecule has 0 bridgehead atoms. The van der Waals surface area contributed by atoms with E-state index in [1.165, 1.54) is 23.9 Å². The molecular weight excluding hydrogens is 188 g/mol. The topological polar surface area (TPSA) is 35.0 Å². The van der Waals surface area contributed by atoms with Gasteiger partial charge in [0.1, 0.15) is 6.33 Å².